The van der Waals surface area contributed by atoms with Gasteiger partial charge in [-0.25, -0.2) is 9.37 Å². The van der Waals surface area contributed by atoms with E-state index in [-0.39, 0.29) is 5.82 Å². The lowest BCUT2D eigenvalue weighted by Crippen LogP contribution is -1.85. The number of aryl methyl sites for hydroxylation is 1. The predicted octanol–water partition coefficient (Wildman–Crippen LogP) is 3.69. The van der Waals surface area contributed by atoms with Crippen molar-refractivity contribution in [1.29, 1.82) is 0 Å². The zero-order valence-corrected chi connectivity index (χ0v) is 10.7. The topological polar surface area (TPSA) is 37.9 Å². The number of hydrogen-bond acceptors (Lipinski definition) is 2. The first kappa shape index (κ1) is 11.7. The van der Waals surface area contributed by atoms with Crippen LogP contribution in [0.1, 0.15) is 5.56 Å². The van der Waals surface area contributed by atoms with E-state index >= 15 is 0 Å². The van der Waals surface area contributed by atoms with Gasteiger partial charge in [0.15, 0.2) is 0 Å². The summed E-state index contributed by atoms with van der Waals surface area (Å²) in [5.41, 5.74) is 3.23. The predicted molar refractivity (Wildman–Crippen MR) is 72.8 cm³/mol. The van der Waals surface area contributed by atoms with Crippen molar-refractivity contribution < 1.29 is 9.13 Å². The first-order valence-electron chi connectivity index (χ1n) is 5.97. The molecular formula is C15H13FN2O. The van der Waals surface area contributed by atoms with E-state index in [4.69, 9.17) is 4.74 Å². The number of H-pyrrole nitrogens is 1. The SMILES string of the molecule is COc1ccc2nc(-c3ccc(F)c(C)c3)[nH]c2c1. The smallest absolute Gasteiger partial charge is 0.138 e. The van der Waals surface area contributed by atoms with Gasteiger partial charge >= 0.3 is 0 Å². The van der Waals surface area contributed by atoms with E-state index in [2.05, 4.69) is 9.97 Å². The quantitative estimate of drug-likeness (QED) is 0.759. The maximum Gasteiger partial charge on any atom is 0.138 e. The van der Waals surface area contributed by atoms with Crippen molar-refractivity contribution in [2.45, 2.75) is 6.92 Å². The van der Waals surface area contributed by atoms with Crippen molar-refractivity contribution in [3.63, 3.8) is 0 Å². The summed E-state index contributed by atoms with van der Waals surface area (Å²) in [6.45, 7) is 1.74. The molecule has 4 heteroatoms. The Morgan fingerprint density at radius 1 is 1.16 bits per heavy atom. The molecule has 1 aromatic heterocycles. The first-order valence-corrected chi connectivity index (χ1v) is 5.97. The zero-order chi connectivity index (χ0) is 13.4. The van der Waals surface area contributed by atoms with E-state index in [0.29, 0.717) is 5.56 Å². The van der Waals surface area contributed by atoms with Gasteiger partial charge in [0.1, 0.15) is 17.4 Å². The number of benzene rings is 2. The minimum Gasteiger partial charge on any atom is -0.497 e. The van der Waals surface area contributed by atoms with Crippen molar-refractivity contribution >= 4 is 11.0 Å². The number of rotatable bonds is 2. The minimum atomic E-state index is -0.207. The molecule has 0 radical (unpaired) electrons. The number of halogens is 1. The molecule has 1 heterocycles. The number of nitrogens with one attached hydrogen (secondary N) is 1. The summed E-state index contributed by atoms with van der Waals surface area (Å²) in [4.78, 5) is 7.72. The number of imidazole rings is 1. The third-order valence-corrected chi connectivity index (χ3v) is 3.12. The van der Waals surface area contributed by atoms with E-state index in [1.807, 2.05) is 18.2 Å². The van der Waals surface area contributed by atoms with Gasteiger partial charge < -0.3 is 9.72 Å². The zero-order valence-electron chi connectivity index (χ0n) is 10.7. The fourth-order valence-electron chi connectivity index (χ4n) is 2.04. The third-order valence-electron chi connectivity index (χ3n) is 3.12. The molecule has 3 rings (SSSR count). The number of hydrogen-bond donors (Lipinski definition) is 1. The molecule has 3 nitrogen and oxygen atoms in total. The van der Waals surface area contributed by atoms with Gasteiger partial charge in [-0.15, -0.1) is 0 Å². The lowest BCUT2D eigenvalue weighted by molar-refractivity contribution is 0.415. The molecule has 0 aliphatic rings. The van der Waals surface area contributed by atoms with Crippen LogP contribution in [-0.4, -0.2) is 17.1 Å². The van der Waals surface area contributed by atoms with E-state index in [1.165, 1.54) is 6.07 Å². The van der Waals surface area contributed by atoms with Crippen LogP contribution in [0, 0.1) is 12.7 Å². The molecule has 0 bridgehead atoms. The second-order valence-corrected chi connectivity index (χ2v) is 4.43. The second-order valence-electron chi connectivity index (χ2n) is 4.43. The van der Waals surface area contributed by atoms with Crippen molar-refractivity contribution in [2.75, 3.05) is 7.11 Å². The molecule has 0 saturated carbocycles. The maximum atomic E-state index is 13.3. The Bertz CT molecular complexity index is 749. The number of aromatic nitrogens is 2. The van der Waals surface area contributed by atoms with Gasteiger partial charge in [0, 0.05) is 11.6 Å². The summed E-state index contributed by atoms with van der Waals surface area (Å²) in [6, 6.07) is 10.6. The molecule has 0 aliphatic heterocycles. The molecule has 19 heavy (non-hydrogen) atoms. The highest BCUT2D eigenvalue weighted by Crippen LogP contribution is 2.24. The second kappa shape index (κ2) is 4.39. The van der Waals surface area contributed by atoms with Gasteiger partial charge in [-0.05, 0) is 42.8 Å². The minimum absolute atomic E-state index is 0.207. The normalized spacial score (nSPS) is 10.9. The number of ether oxygens (including phenoxy) is 1. The van der Waals surface area contributed by atoms with E-state index in [9.17, 15) is 4.39 Å². The van der Waals surface area contributed by atoms with Gasteiger partial charge in [-0.2, -0.15) is 0 Å². The van der Waals surface area contributed by atoms with Gasteiger partial charge in [0.2, 0.25) is 0 Å². The van der Waals surface area contributed by atoms with Gasteiger partial charge in [-0.1, -0.05) is 0 Å². The Labute approximate surface area is 110 Å². The summed E-state index contributed by atoms with van der Waals surface area (Å²) < 4.78 is 18.4. The van der Waals surface area contributed by atoms with Crippen LogP contribution in [0.5, 0.6) is 5.75 Å². The number of fused-ring (bicyclic) bond motifs is 1. The van der Waals surface area contributed by atoms with E-state index in [1.54, 1.807) is 26.2 Å². The maximum absolute atomic E-state index is 13.3. The molecule has 3 aromatic rings. The molecule has 0 saturated heterocycles. The molecule has 0 spiro atoms. The van der Waals surface area contributed by atoms with Crippen LogP contribution in [0.15, 0.2) is 36.4 Å². The fourth-order valence-corrected chi connectivity index (χ4v) is 2.04. The van der Waals surface area contributed by atoms with Crippen LogP contribution in [0.25, 0.3) is 22.4 Å². The van der Waals surface area contributed by atoms with Crippen LogP contribution >= 0.6 is 0 Å². The summed E-state index contributed by atoms with van der Waals surface area (Å²) in [6.07, 6.45) is 0. The number of aromatic amines is 1. The van der Waals surface area contributed by atoms with Crippen LogP contribution in [-0.2, 0) is 0 Å². The fraction of sp³-hybridized carbons (Fsp3) is 0.133. The largest absolute Gasteiger partial charge is 0.497 e. The Kier molecular flexibility index (Phi) is 2.71. The van der Waals surface area contributed by atoms with Gasteiger partial charge in [0.25, 0.3) is 0 Å². The highest BCUT2D eigenvalue weighted by Gasteiger charge is 2.07. The van der Waals surface area contributed by atoms with Crippen molar-refractivity contribution in [1.82, 2.24) is 9.97 Å². The van der Waals surface area contributed by atoms with Gasteiger partial charge in [0.05, 0.1) is 18.1 Å². The highest BCUT2D eigenvalue weighted by atomic mass is 19.1. The molecule has 0 amide bonds. The van der Waals surface area contributed by atoms with Crippen LogP contribution in [0.2, 0.25) is 0 Å². The Hall–Kier alpha value is -2.36. The summed E-state index contributed by atoms with van der Waals surface area (Å²) in [5, 5.41) is 0. The lowest BCUT2D eigenvalue weighted by atomic mass is 10.1. The van der Waals surface area contributed by atoms with Gasteiger partial charge in [-0.3, -0.25) is 0 Å². The number of nitrogens with zero attached hydrogens (tertiary/aromatic N) is 1. The van der Waals surface area contributed by atoms with Crippen LogP contribution in [0.3, 0.4) is 0 Å². The molecule has 2 aromatic carbocycles. The highest BCUT2D eigenvalue weighted by molar-refractivity contribution is 5.80. The van der Waals surface area contributed by atoms with Crippen molar-refractivity contribution in [3.05, 3.63) is 47.8 Å². The van der Waals surface area contributed by atoms with Crippen molar-refractivity contribution in [3.8, 4) is 17.1 Å². The van der Waals surface area contributed by atoms with Crippen LogP contribution < -0.4 is 4.74 Å². The third kappa shape index (κ3) is 2.05. The molecular weight excluding hydrogens is 243 g/mol. The average molecular weight is 256 g/mol. The Morgan fingerprint density at radius 2 is 2.00 bits per heavy atom. The first-order chi connectivity index (χ1) is 9.17. The standard InChI is InChI=1S/C15H13FN2O/c1-9-7-10(3-5-12(9)16)15-17-13-6-4-11(19-2)8-14(13)18-15/h3-8H,1-2H3,(H,17,18). The van der Waals surface area contributed by atoms with E-state index < -0.39 is 0 Å². The molecule has 0 aliphatic carbocycles. The summed E-state index contributed by atoms with van der Waals surface area (Å²) in [5.74, 6) is 1.30. The van der Waals surface area contributed by atoms with Crippen molar-refractivity contribution in [2.24, 2.45) is 0 Å². The Morgan fingerprint density at radius 3 is 2.74 bits per heavy atom. The number of methoxy groups -OCH3 is 1. The monoisotopic (exact) mass is 256 g/mol. The molecule has 96 valence electrons. The Balaban J connectivity index is 2.11. The molecule has 0 atom stereocenters. The lowest BCUT2D eigenvalue weighted by Gasteiger charge is -1.99. The summed E-state index contributed by atoms with van der Waals surface area (Å²) >= 11 is 0. The molecule has 1 N–H and O–H groups in total. The van der Waals surface area contributed by atoms with E-state index in [0.717, 1.165) is 28.2 Å². The summed E-state index contributed by atoms with van der Waals surface area (Å²) in [7, 11) is 1.63. The molecule has 0 unspecified atom stereocenters. The molecule has 0 fully saturated rings. The average Bonchev–Trinajstić information content (AvgIpc) is 2.84. The van der Waals surface area contributed by atoms with Crippen LogP contribution in [0.4, 0.5) is 4.39 Å².